The molecular weight excluding hydrogens is 206 g/mol. The molecule has 0 aromatic carbocycles. The first-order chi connectivity index (χ1) is 6.24. The average Bonchev–Trinajstić information content (AvgIpc) is 2.09. The molecule has 2 atom stereocenters. The van der Waals surface area contributed by atoms with Crippen molar-refractivity contribution in [2.75, 3.05) is 5.75 Å². The van der Waals surface area contributed by atoms with Crippen LogP contribution in [0, 0.1) is 0 Å². The minimum absolute atomic E-state index is 0.0695. The van der Waals surface area contributed by atoms with E-state index in [1.165, 1.54) is 24.6 Å². The highest BCUT2D eigenvalue weighted by Crippen LogP contribution is 2.23. The zero-order valence-corrected chi connectivity index (χ0v) is 9.46. The summed E-state index contributed by atoms with van der Waals surface area (Å²) in [6.45, 7) is 1.98. The quantitative estimate of drug-likeness (QED) is 0.727. The molecule has 1 amide bonds. The van der Waals surface area contributed by atoms with Crippen LogP contribution in [0.4, 0.5) is 4.79 Å². The van der Waals surface area contributed by atoms with Crippen LogP contribution in [0.25, 0.3) is 0 Å². The van der Waals surface area contributed by atoms with Crippen LogP contribution >= 0.6 is 23.4 Å². The number of amides is 1. The Labute approximate surface area is 88.8 Å². The van der Waals surface area contributed by atoms with Gasteiger partial charge in [0.25, 0.3) is 5.24 Å². The first-order valence-corrected chi connectivity index (χ1v) is 6.23. The predicted octanol–water partition coefficient (Wildman–Crippen LogP) is 3.00. The number of halogens is 1. The van der Waals surface area contributed by atoms with E-state index in [0.717, 1.165) is 18.6 Å². The molecule has 0 unspecified atom stereocenters. The number of nitrogens with one attached hydrogen (secondary N) is 1. The molecule has 2 nitrogen and oxygen atoms in total. The maximum Gasteiger partial charge on any atom is 0.279 e. The van der Waals surface area contributed by atoms with E-state index in [1.807, 2.05) is 6.92 Å². The molecule has 0 aromatic rings. The highest BCUT2D eigenvalue weighted by Gasteiger charge is 2.24. The molecule has 1 aliphatic rings. The summed E-state index contributed by atoms with van der Waals surface area (Å²) < 4.78 is 0. The van der Waals surface area contributed by atoms with Gasteiger partial charge in [-0.1, -0.05) is 31.5 Å². The molecule has 0 aromatic heterocycles. The Morgan fingerprint density at radius 2 is 2.23 bits per heavy atom. The topological polar surface area (TPSA) is 29.1 Å². The van der Waals surface area contributed by atoms with Crippen molar-refractivity contribution < 1.29 is 4.79 Å². The third kappa shape index (κ3) is 3.77. The van der Waals surface area contributed by atoms with Crippen molar-refractivity contribution in [2.45, 2.75) is 44.0 Å². The van der Waals surface area contributed by atoms with Crippen LogP contribution in [0.1, 0.15) is 32.6 Å². The van der Waals surface area contributed by atoms with Gasteiger partial charge in [-0.15, -0.1) is 11.6 Å². The Bertz CT molecular complexity index is 177. The van der Waals surface area contributed by atoms with Crippen molar-refractivity contribution in [1.29, 1.82) is 0 Å². The summed E-state index contributed by atoms with van der Waals surface area (Å²) in [5.74, 6) is 0.825. The molecule has 1 N–H and O–H groups in total. The number of carbonyl (C=O) groups is 1. The number of rotatable bonds is 2. The van der Waals surface area contributed by atoms with Gasteiger partial charge in [0.1, 0.15) is 0 Å². The second-order valence-electron chi connectivity index (χ2n) is 3.27. The molecule has 0 bridgehead atoms. The molecule has 0 heterocycles. The lowest BCUT2D eigenvalue weighted by Gasteiger charge is -2.27. The highest BCUT2D eigenvalue weighted by atomic mass is 35.5. The number of alkyl halides is 1. The van der Waals surface area contributed by atoms with Gasteiger partial charge in [0.2, 0.25) is 0 Å². The number of hydrogen-bond acceptors (Lipinski definition) is 2. The Morgan fingerprint density at radius 3 is 2.85 bits per heavy atom. The number of carbonyl (C=O) groups excluding carboxylic acids is 1. The van der Waals surface area contributed by atoms with Crippen LogP contribution in [0.2, 0.25) is 0 Å². The van der Waals surface area contributed by atoms with Crippen LogP contribution < -0.4 is 5.32 Å². The van der Waals surface area contributed by atoms with Crippen molar-refractivity contribution in [3.05, 3.63) is 0 Å². The molecule has 1 rings (SSSR count). The van der Waals surface area contributed by atoms with Crippen molar-refractivity contribution in [2.24, 2.45) is 0 Å². The fourth-order valence-corrected chi connectivity index (χ4v) is 2.41. The first-order valence-electron chi connectivity index (χ1n) is 4.81. The second-order valence-corrected chi connectivity index (χ2v) is 5.07. The molecule has 13 heavy (non-hydrogen) atoms. The first kappa shape index (κ1) is 11.2. The third-order valence-corrected chi connectivity index (χ3v) is 3.45. The summed E-state index contributed by atoms with van der Waals surface area (Å²) in [5, 5.41) is 3.17. The van der Waals surface area contributed by atoms with E-state index in [-0.39, 0.29) is 16.7 Å². The summed E-state index contributed by atoms with van der Waals surface area (Å²) in [7, 11) is 0. The lowest BCUT2D eigenvalue weighted by atomic mass is 9.95. The van der Waals surface area contributed by atoms with Gasteiger partial charge in [-0.05, 0) is 18.6 Å². The second kappa shape index (κ2) is 5.76. The van der Waals surface area contributed by atoms with Gasteiger partial charge < -0.3 is 5.32 Å². The summed E-state index contributed by atoms with van der Waals surface area (Å²) in [4.78, 5) is 11.3. The molecule has 1 saturated carbocycles. The van der Waals surface area contributed by atoms with Crippen LogP contribution in [0.5, 0.6) is 0 Å². The zero-order valence-electron chi connectivity index (χ0n) is 7.88. The Morgan fingerprint density at radius 1 is 1.54 bits per heavy atom. The van der Waals surface area contributed by atoms with E-state index in [0.29, 0.717) is 0 Å². The van der Waals surface area contributed by atoms with Crippen molar-refractivity contribution in [1.82, 2.24) is 5.32 Å². The smallest absolute Gasteiger partial charge is 0.279 e. The molecule has 0 aliphatic heterocycles. The predicted molar refractivity (Wildman–Crippen MR) is 58.6 cm³/mol. The summed E-state index contributed by atoms with van der Waals surface area (Å²) in [6.07, 6.45) is 4.44. The molecule has 76 valence electrons. The van der Waals surface area contributed by atoms with Gasteiger partial charge >= 0.3 is 0 Å². The standard InChI is InChI=1S/C9H16ClNOS/c1-2-13-9(12)11-8-6-4-3-5-7(8)10/h7-8H,2-6H2,1H3,(H,11,12)/t7-,8+/m1/s1. The summed E-state index contributed by atoms with van der Waals surface area (Å²) in [5.41, 5.74) is 0. The maximum atomic E-state index is 11.3. The van der Waals surface area contributed by atoms with E-state index in [9.17, 15) is 4.79 Å². The largest absolute Gasteiger partial charge is 0.343 e. The highest BCUT2D eigenvalue weighted by molar-refractivity contribution is 8.13. The van der Waals surface area contributed by atoms with Crippen LogP contribution in [0.3, 0.4) is 0 Å². The van der Waals surface area contributed by atoms with Gasteiger partial charge in [0, 0.05) is 6.04 Å². The molecule has 0 spiro atoms. The normalized spacial score (nSPS) is 28.5. The lowest BCUT2D eigenvalue weighted by molar-refractivity contribution is 0.253. The van der Waals surface area contributed by atoms with Gasteiger partial charge in [0.15, 0.2) is 0 Å². The SMILES string of the molecule is CCSC(=O)N[C@H]1CCCC[C@H]1Cl. The zero-order chi connectivity index (χ0) is 9.68. The minimum atomic E-state index is 0.0695. The molecule has 0 saturated heterocycles. The average molecular weight is 222 g/mol. The monoisotopic (exact) mass is 221 g/mol. The maximum absolute atomic E-state index is 11.3. The Kier molecular flexibility index (Phi) is 4.96. The summed E-state index contributed by atoms with van der Waals surface area (Å²) >= 11 is 7.42. The van der Waals surface area contributed by atoms with Crippen molar-refractivity contribution >= 4 is 28.6 Å². The van der Waals surface area contributed by atoms with Crippen LogP contribution in [-0.2, 0) is 0 Å². The van der Waals surface area contributed by atoms with Crippen LogP contribution in [0.15, 0.2) is 0 Å². The molecular formula is C9H16ClNOS. The van der Waals surface area contributed by atoms with Gasteiger partial charge in [-0.25, -0.2) is 0 Å². The minimum Gasteiger partial charge on any atom is -0.343 e. The van der Waals surface area contributed by atoms with E-state index >= 15 is 0 Å². The van der Waals surface area contributed by atoms with E-state index in [2.05, 4.69) is 5.32 Å². The molecule has 0 radical (unpaired) electrons. The van der Waals surface area contributed by atoms with Crippen LogP contribution in [-0.4, -0.2) is 22.4 Å². The number of hydrogen-bond donors (Lipinski definition) is 1. The fraction of sp³-hybridized carbons (Fsp3) is 0.889. The van der Waals surface area contributed by atoms with Crippen molar-refractivity contribution in [3.63, 3.8) is 0 Å². The Hall–Kier alpha value is 0.110. The Balaban J connectivity index is 2.29. The van der Waals surface area contributed by atoms with Gasteiger partial charge in [-0.2, -0.15) is 0 Å². The molecule has 4 heteroatoms. The van der Waals surface area contributed by atoms with Gasteiger partial charge in [0.05, 0.1) is 5.38 Å². The number of thioether (sulfide) groups is 1. The van der Waals surface area contributed by atoms with Crippen molar-refractivity contribution in [3.8, 4) is 0 Å². The lowest BCUT2D eigenvalue weighted by Crippen LogP contribution is -2.41. The van der Waals surface area contributed by atoms with E-state index in [4.69, 9.17) is 11.6 Å². The summed E-state index contributed by atoms with van der Waals surface area (Å²) in [6, 6.07) is 0.196. The van der Waals surface area contributed by atoms with E-state index in [1.54, 1.807) is 0 Å². The van der Waals surface area contributed by atoms with E-state index < -0.39 is 0 Å². The third-order valence-electron chi connectivity index (χ3n) is 2.26. The molecule has 1 fully saturated rings. The fourth-order valence-electron chi connectivity index (χ4n) is 1.57. The van der Waals surface area contributed by atoms with Gasteiger partial charge in [-0.3, -0.25) is 4.79 Å². The molecule has 1 aliphatic carbocycles.